The first kappa shape index (κ1) is 21.3. The number of hydrogen-bond acceptors (Lipinski definition) is 5. The summed E-state index contributed by atoms with van der Waals surface area (Å²) in [6, 6.07) is 20.1. The van der Waals surface area contributed by atoms with E-state index in [4.69, 9.17) is 4.74 Å². The molecule has 0 aliphatic carbocycles. The first-order valence-electron chi connectivity index (χ1n) is 9.38. The molecule has 8 heteroatoms. The molecule has 0 unspecified atom stereocenters. The summed E-state index contributed by atoms with van der Waals surface area (Å²) in [5, 5.41) is 6.06. The van der Waals surface area contributed by atoms with E-state index in [-0.39, 0.29) is 6.54 Å². The molecule has 0 heterocycles. The van der Waals surface area contributed by atoms with Crippen LogP contribution in [0.3, 0.4) is 0 Å². The summed E-state index contributed by atoms with van der Waals surface area (Å²) in [6.45, 7) is 1.98. The quantitative estimate of drug-likeness (QED) is 0.444. The molecule has 0 radical (unpaired) electrons. The summed E-state index contributed by atoms with van der Waals surface area (Å²) in [5.41, 5.74) is 3.62. The van der Waals surface area contributed by atoms with E-state index in [9.17, 15) is 13.2 Å². The zero-order valence-corrected chi connectivity index (χ0v) is 17.6. The molecular weight excluding hydrogens is 402 g/mol. The molecule has 3 aromatic carbocycles. The van der Waals surface area contributed by atoms with Crippen LogP contribution in [0, 0.1) is 0 Å². The number of sulfonamides is 1. The zero-order valence-electron chi connectivity index (χ0n) is 16.8. The predicted octanol–water partition coefficient (Wildman–Crippen LogP) is 3.15. The molecule has 7 nitrogen and oxygen atoms in total. The minimum absolute atomic E-state index is 0.370. The molecule has 0 bridgehead atoms. The first-order chi connectivity index (χ1) is 14.4. The minimum Gasteiger partial charge on any atom is -0.494 e. The van der Waals surface area contributed by atoms with Gasteiger partial charge in [-0.2, -0.15) is 5.10 Å². The molecule has 3 aromatic rings. The molecule has 30 heavy (non-hydrogen) atoms. The van der Waals surface area contributed by atoms with Crippen molar-refractivity contribution in [3.05, 3.63) is 72.3 Å². The lowest BCUT2D eigenvalue weighted by Gasteiger charge is -2.21. The number of benzene rings is 3. The fraction of sp³-hybridized carbons (Fsp3) is 0.182. The third-order valence-corrected chi connectivity index (χ3v) is 5.48. The van der Waals surface area contributed by atoms with Gasteiger partial charge in [0.25, 0.3) is 5.91 Å². The van der Waals surface area contributed by atoms with Crippen LogP contribution in [0.5, 0.6) is 5.75 Å². The van der Waals surface area contributed by atoms with Crippen LogP contribution in [0.25, 0.3) is 10.8 Å². The number of carbonyl (C=O) groups is 1. The molecule has 156 valence electrons. The normalized spacial score (nSPS) is 11.5. The number of nitrogens with zero attached hydrogens (tertiary/aromatic N) is 2. The van der Waals surface area contributed by atoms with Gasteiger partial charge in [-0.1, -0.05) is 42.5 Å². The van der Waals surface area contributed by atoms with Gasteiger partial charge in [0.2, 0.25) is 10.0 Å². The number of hydrazone groups is 1. The van der Waals surface area contributed by atoms with Gasteiger partial charge < -0.3 is 4.74 Å². The van der Waals surface area contributed by atoms with Crippen LogP contribution in [0.4, 0.5) is 5.69 Å². The monoisotopic (exact) mass is 425 g/mol. The molecular formula is C22H23N3O4S. The van der Waals surface area contributed by atoms with E-state index >= 15 is 0 Å². The van der Waals surface area contributed by atoms with Gasteiger partial charge in [0.15, 0.2) is 0 Å². The number of fused-ring (bicyclic) bond motifs is 1. The highest BCUT2D eigenvalue weighted by Gasteiger charge is 2.20. The third-order valence-electron chi connectivity index (χ3n) is 4.34. The van der Waals surface area contributed by atoms with Crippen LogP contribution in [0.15, 0.2) is 71.8 Å². The molecule has 0 atom stereocenters. The Kier molecular flexibility index (Phi) is 6.68. The van der Waals surface area contributed by atoms with Crippen LogP contribution in [-0.2, 0) is 14.8 Å². The summed E-state index contributed by atoms with van der Waals surface area (Å²) >= 11 is 0. The van der Waals surface area contributed by atoms with E-state index in [0.717, 1.165) is 26.9 Å². The van der Waals surface area contributed by atoms with E-state index < -0.39 is 15.9 Å². The summed E-state index contributed by atoms with van der Waals surface area (Å²) in [5.74, 6) is 0.0737. The number of carbonyl (C=O) groups excluding carboxylic acids is 1. The Bertz CT molecular complexity index is 1150. The van der Waals surface area contributed by atoms with Gasteiger partial charge in [-0.15, -0.1) is 0 Å². The van der Waals surface area contributed by atoms with Gasteiger partial charge in [-0.25, -0.2) is 13.8 Å². The van der Waals surface area contributed by atoms with Crippen LogP contribution >= 0.6 is 0 Å². The topological polar surface area (TPSA) is 88.1 Å². The third kappa shape index (κ3) is 5.36. The number of anilines is 1. The van der Waals surface area contributed by atoms with E-state index in [1.807, 2.05) is 49.4 Å². The van der Waals surface area contributed by atoms with Crippen molar-refractivity contribution in [3.8, 4) is 5.75 Å². The van der Waals surface area contributed by atoms with Gasteiger partial charge in [0, 0.05) is 5.56 Å². The Balaban J connectivity index is 1.71. The van der Waals surface area contributed by atoms with Crippen molar-refractivity contribution in [2.75, 3.05) is 23.7 Å². The van der Waals surface area contributed by atoms with E-state index in [0.29, 0.717) is 18.0 Å². The van der Waals surface area contributed by atoms with Crippen LogP contribution in [-0.4, -0.2) is 39.9 Å². The molecule has 3 rings (SSSR count). The maximum absolute atomic E-state index is 12.3. The highest BCUT2D eigenvalue weighted by molar-refractivity contribution is 7.92. The fourth-order valence-corrected chi connectivity index (χ4v) is 3.83. The van der Waals surface area contributed by atoms with Crippen molar-refractivity contribution in [2.24, 2.45) is 5.10 Å². The number of ether oxygens (including phenoxy) is 1. The van der Waals surface area contributed by atoms with Crippen molar-refractivity contribution in [3.63, 3.8) is 0 Å². The number of rotatable bonds is 8. The lowest BCUT2D eigenvalue weighted by molar-refractivity contribution is -0.119. The van der Waals surface area contributed by atoms with Gasteiger partial charge in [0.1, 0.15) is 12.3 Å². The largest absolute Gasteiger partial charge is 0.494 e. The van der Waals surface area contributed by atoms with Crippen molar-refractivity contribution in [2.45, 2.75) is 6.92 Å². The Morgan fingerprint density at radius 2 is 1.77 bits per heavy atom. The number of nitrogens with one attached hydrogen (secondary N) is 1. The Morgan fingerprint density at radius 1 is 1.07 bits per heavy atom. The summed E-state index contributed by atoms with van der Waals surface area (Å²) < 4.78 is 30.8. The zero-order chi connectivity index (χ0) is 21.6. The smallest absolute Gasteiger partial charge is 0.260 e. The molecule has 0 saturated carbocycles. The molecule has 0 spiro atoms. The summed E-state index contributed by atoms with van der Waals surface area (Å²) in [6.07, 6.45) is 2.60. The second kappa shape index (κ2) is 9.41. The Labute approximate surface area is 176 Å². The molecule has 1 N–H and O–H groups in total. The molecule has 0 aromatic heterocycles. The van der Waals surface area contributed by atoms with Gasteiger partial charge in [-0.3, -0.25) is 9.10 Å². The first-order valence-corrected chi connectivity index (χ1v) is 11.2. The van der Waals surface area contributed by atoms with Crippen LogP contribution in [0.2, 0.25) is 0 Å². The van der Waals surface area contributed by atoms with Crippen molar-refractivity contribution >= 4 is 38.6 Å². The number of hydrogen-bond donors (Lipinski definition) is 1. The maximum Gasteiger partial charge on any atom is 0.260 e. The second-order valence-corrected chi connectivity index (χ2v) is 8.46. The van der Waals surface area contributed by atoms with E-state index in [1.165, 1.54) is 0 Å². The second-order valence-electron chi connectivity index (χ2n) is 6.56. The average Bonchev–Trinajstić information content (AvgIpc) is 2.72. The molecule has 1 amide bonds. The molecule has 0 saturated heterocycles. The fourth-order valence-electron chi connectivity index (χ4n) is 2.98. The SMILES string of the molecule is CCOc1ccc(N(CC(=O)N/N=C\c2cccc3ccccc23)S(C)(=O)=O)cc1. The Morgan fingerprint density at radius 3 is 2.47 bits per heavy atom. The van der Waals surface area contributed by atoms with Gasteiger partial charge >= 0.3 is 0 Å². The van der Waals surface area contributed by atoms with Gasteiger partial charge in [0.05, 0.1) is 24.8 Å². The maximum atomic E-state index is 12.3. The highest BCUT2D eigenvalue weighted by atomic mass is 32.2. The minimum atomic E-state index is -3.66. The van der Waals surface area contributed by atoms with E-state index in [2.05, 4.69) is 10.5 Å². The molecule has 0 fully saturated rings. The number of amides is 1. The van der Waals surface area contributed by atoms with Gasteiger partial charge in [-0.05, 0) is 42.0 Å². The molecule has 0 aliphatic rings. The van der Waals surface area contributed by atoms with Crippen molar-refractivity contribution in [1.29, 1.82) is 0 Å². The predicted molar refractivity (Wildman–Crippen MR) is 119 cm³/mol. The molecule has 0 aliphatic heterocycles. The van der Waals surface area contributed by atoms with E-state index in [1.54, 1.807) is 30.5 Å². The summed E-state index contributed by atoms with van der Waals surface area (Å²) in [7, 11) is -3.66. The van der Waals surface area contributed by atoms with Crippen LogP contribution in [0.1, 0.15) is 12.5 Å². The summed E-state index contributed by atoms with van der Waals surface area (Å²) in [4.78, 5) is 12.3. The van der Waals surface area contributed by atoms with Crippen molar-refractivity contribution in [1.82, 2.24) is 5.43 Å². The lowest BCUT2D eigenvalue weighted by Crippen LogP contribution is -2.39. The lowest BCUT2D eigenvalue weighted by atomic mass is 10.1. The highest BCUT2D eigenvalue weighted by Crippen LogP contribution is 2.21. The standard InChI is InChI=1S/C22H23N3O4S/c1-3-29-20-13-11-19(12-14-20)25(30(2,27)28)16-22(26)24-23-15-18-9-6-8-17-7-4-5-10-21(17)18/h4-15H,3,16H2,1-2H3,(H,24,26)/b23-15-. The van der Waals surface area contributed by atoms with Crippen molar-refractivity contribution < 1.29 is 17.9 Å². The Hall–Kier alpha value is -3.39. The average molecular weight is 426 g/mol. The van der Waals surface area contributed by atoms with Crippen LogP contribution < -0.4 is 14.5 Å².